The van der Waals surface area contributed by atoms with Gasteiger partial charge in [-0.2, -0.15) is 10.4 Å². The number of benzene rings is 1. The third-order valence-corrected chi connectivity index (χ3v) is 2.66. The van der Waals surface area contributed by atoms with Crippen molar-refractivity contribution in [2.45, 2.75) is 6.92 Å². The first-order valence-electron chi connectivity index (χ1n) is 5.53. The number of hydrogen-bond donors (Lipinski definition) is 2. The predicted molar refractivity (Wildman–Crippen MR) is 69.1 cm³/mol. The Morgan fingerprint density at radius 1 is 1.55 bits per heavy atom. The average molecular weight is 271 g/mol. The van der Waals surface area contributed by atoms with Gasteiger partial charge in [-0.1, -0.05) is 0 Å². The largest absolute Gasteiger partial charge is 0.306 e. The third kappa shape index (κ3) is 2.46. The van der Waals surface area contributed by atoms with Gasteiger partial charge in [-0.25, -0.2) is 0 Å². The number of hydrogen-bond acceptors (Lipinski definition) is 5. The first-order valence-corrected chi connectivity index (χ1v) is 5.53. The first-order chi connectivity index (χ1) is 9.52. The Kier molecular flexibility index (Phi) is 3.43. The number of nitriles is 1. The second-order valence-electron chi connectivity index (χ2n) is 3.98. The molecular weight excluding hydrogens is 262 g/mol. The van der Waals surface area contributed by atoms with Gasteiger partial charge in [0.2, 0.25) is 0 Å². The molecule has 1 aromatic heterocycles. The van der Waals surface area contributed by atoms with E-state index in [0.717, 1.165) is 0 Å². The second-order valence-corrected chi connectivity index (χ2v) is 3.98. The van der Waals surface area contributed by atoms with Crippen LogP contribution in [0.5, 0.6) is 0 Å². The number of nitrogens with one attached hydrogen (secondary N) is 2. The zero-order valence-corrected chi connectivity index (χ0v) is 10.4. The van der Waals surface area contributed by atoms with E-state index < -0.39 is 10.8 Å². The van der Waals surface area contributed by atoms with E-state index in [1.165, 1.54) is 24.4 Å². The van der Waals surface area contributed by atoms with Crippen LogP contribution in [0.3, 0.4) is 0 Å². The summed E-state index contributed by atoms with van der Waals surface area (Å²) in [5.41, 5.74) is 0.875. The Labute approximate surface area is 113 Å². The molecule has 8 heteroatoms. The fourth-order valence-electron chi connectivity index (χ4n) is 1.66. The number of nitro benzene ring substituents is 1. The molecule has 0 aliphatic heterocycles. The van der Waals surface area contributed by atoms with Gasteiger partial charge in [0, 0.05) is 17.7 Å². The minimum absolute atomic E-state index is 0.0849. The van der Waals surface area contributed by atoms with E-state index in [1.807, 2.05) is 6.07 Å². The number of carbonyl (C=O) groups excluding carboxylic acids is 1. The number of aromatic nitrogens is 2. The summed E-state index contributed by atoms with van der Waals surface area (Å²) in [4.78, 5) is 22.1. The van der Waals surface area contributed by atoms with Crippen molar-refractivity contribution in [3.8, 4) is 6.07 Å². The summed E-state index contributed by atoms with van der Waals surface area (Å²) in [6, 6.07) is 5.80. The molecule has 20 heavy (non-hydrogen) atoms. The van der Waals surface area contributed by atoms with Crippen LogP contribution in [0.2, 0.25) is 0 Å². The van der Waals surface area contributed by atoms with Crippen LogP contribution in [0.4, 0.5) is 11.5 Å². The highest BCUT2D eigenvalue weighted by Crippen LogP contribution is 2.18. The van der Waals surface area contributed by atoms with Gasteiger partial charge in [0.25, 0.3) is 11.6 Å². The van der Waals surface area contributed by atoms with Crippen molar-refractivity contribution in [3.05, 3.63) is 51.2 Å². The zero-order chi connectivity index (χ0) is 14.7. The van der Waals surface area contributed by atoms with E-state index in [4.69, 9.17) is 5.26 Å². The summed E-state index contributed by atoms with van der Waals surface area (Å²) in [6.45, 7) is 1.60. The maximum atomic E-state index is 12.0. The molecule has 2 N–H and O–H groups in total. The summed E-state index contributed by atoms with van der Waals surface area (Å²) < 4.78 is 0. The van der Waals surface area contributed by atoms with Gasteiger partial charge in [0.05, 0.1) is 11.1 Å². The number of anilines is 1. The number of aromatic amines is 1. The number of H-pyrrole nitrogens is 1. The lowest BCUT2D eigenvalue weighted by molar-refractivity contribution is -0.384. The maximum absolute atomic E-state index is 12.0. The Morgan fingerprint density at radius 2 is 2.30 bits per heavy atom. The van der Waals surface area contributed by atoms with Gasteiger partial charge in [0.15, 0.2) is 0 Å². The van der Waals surface area contributed by atoms with Gasteiger partial charge < -0.3 is 5.32 Å². The Bertz CT molecular complexity index is 729. The van der Waals surface area contributed by atoms with Crippen LogP contribution < -0.4 is 5.32 Å². The molecule has 0 saturated carbocycles. The topological polar surface area (TPSA) is 125 Å². The number of nitrogens with zero attached hydrogens (tertiary/aromatic N) is 3. The van der Waals surface area contributed by atoms with Gasteiger partial charge in [0.1, 0.15) is 17.5 Å². The summed E-state index contributed by atoms with van der Waals surface area (Å²) >= 11 is 0. The summed E-state index contributed by atoms with van der Waals surface area (Å²) in [7, 11) is 0. The Balaban J connectivity index is 2.26. The fraction of sp³-hybridized carbons (Fsp3) is 0.0833. The molecule has 1 heterocycles. The van der Waals surface area contributed by atoms with Crippen molar-refractivity contribution in [2.24, 2.45) is 0 Å². The average Bonchev–Trinajstić information content (AvgIpc) is 2.85. The summed E-state index contributed by atoms with van der Waals surface area (Å²) in [5, 5.41) is 28.1. The SMILES string of the molecule is Cc1cc([N+](=O)[O-])ccc1C(=O)Nc1[nH]ncc1C#N. The highest BCUT2D eigenvalue weighted by Gasteiger charge is 2.15. The second kappa shape index (κ2) is 5.19. The number of nitro groups is 1. The van der Waals surface area contributed by atoms with Crippen LogP contribution >= 0.6 is 0 Å². The normalized spacial score (nSPS) is 9.80. The minimum atomic E-state index is -0.530. The van der Waals surface area contributed by atoms with E-state index in [9.17, 15) is 14.9 Å². The van der Waals surface area contributed by atoms with Gasteiger partial charge in [-0.15, -0.1) is 0 Å². The highest BCUT2D eigenvalue weighted by molar-refractivity contribution is 6.05. The third-order valence-electron chi connectivity index (χ3n) is 2.66. The smallest absolute Gasteiger partial charge is 0.269 e. The molecule has 2 rings (SSSR count). The van der Waals surface area contributed by atoms with Crippen molar-refractivity contribution in [1.29, 1.82) is 5.26 Å². The standard InChI is InChI=1S/C12H9N5O3/c1-7-4-9(17(19)20)2-3-10(7)12(18)15-11-8(5-13)6-14-16-11/h2-4,6H,1H3,(H2,14,15,16,18). The van der Waals surface area contributed by atoms with E-state index >= 15 is 0 Å². The number of carbonyl (C=O) groups is 1. The number of amides is 1. The van der Waals surface area contributed by atoms with E-state index in [2.05, 4.69) is 15.5 Å². The van der Waals surface area contributed by atoms with E-state index in [0.29, 0.717) is 5.56 Å². The highest BCUT2D eigenvalue weighted by atomic mass is 16.6. The molecule has 0 saturated heterocycles. The quantitative estimate of drug-likeness (QED) is 0.649. The van der Waals surface area contributed by atoms with Crippen LogP contribution in [-0.2, 0) is 0 Å². The van der Waals surface area contributed by atoms with Crippen molar-refractivity contribution in [3.63, 3.8) is 0 Å². The monoisotopic (exact) mass is 271 g/mol. The van der Waals surface area contributed by atoms with Gasteiger partial charge in [-0.05, 0) is 18.6 Å². The summed E-state index contributed by atoms with van der Waals surface area (Å²) in [5.74, 6) is -0.284. The Hall–Kier alpha value is -3.21. The zero-order valence-electron chi connectivity index (χ0n) is 10.4. The van der Waals surface area contributed by atoms with Crippen molar-refractivity contribution < 1.29 is 9.72 Å². The Morgan fingerprint density at radius 3 is 2.90 bits per heavy atom. The van der Waals surface area contributed by atoms with Crippen molar-refractivity contribution >= 4 is 17.4 Å². The lowest BCUT2D eigenvalue weighted by atomic mass is 10.1. The lowest BCUT2D eigenvalue weighted by Crippen LogP contribution is -2.14. The molecule has 0 atom stereocenters. The number of non-ortho nitro benzene ring substituents is 1. The summed E-state index contributed by atoms with van der Waals surface area (Å²) in [6.07, 6.45) is 1.29. The van der Waals surface area contributed by atoms with Gasteiger partial charge in [-0.3, -0.25) is 20.0 Å². The number of rotatable bonds is 3. The first kappa shape index (κ1) is 13.2. The van der Waals surface area contributed by atoms with Crippen molar-refractivity contribution in [1.82, 2.24) is 10.2 Å². The molecule has 1 aromatic carbocycles. The molecular formula is C12H9N5O3. The van der Waals surface area contributed by atoms with Crippen LogP contribution in [0, 0.1) is 28.4 Å². The maximum Gasteiger partial charge on any atom is 0.269 e. The minimum Gasteiger partial charge on any atom is -0.306 e. The molecule has 0 fully saturated rings. The number of aryl methyl sites for hydroxylation is 1. The molecule has 100 valence electrons. The van der Waals surface area contributed by atoms with E-state index in [1.54, 1.807) is 6.92 Å². The van der Waals surface area contributed by atoms with Crippen LogP contribution in [0.1, 0.15) is 21.5 Å². The van der Waals surface area contributed by atoms with Gasteiger partial charge >= 0.3 is 0 Å². The molecule has 0 radical (unpaired) electrons. The lowest BCUT2D eigenvalue weighted by Gasteiger charge is -2.06. The fourth-order valence-corrected chi connectivity index (χ4v) is 1.66. The van der Waals surface area contributed by atoms with Crippen LogP contribution in [-0.4, -0.2) is 21.0 Å². The predicted octanol–water partition coefficient (Wildman–Crippen LogP) is 1.75. The molecule has 0 unspecified atom stereocenters. The van der Waals surface area contributed by atoms with E-state index in [-0.39, 0.29) is 22.6 Å². The van der Waals surface area contributed by atoms with Crippen LogP contribution in [0.15, 0.2) is 24.4 Å². The molecule has 2 aromatic rings. The molecule has 1 amide bonds. The van der Waals surface area contributed by atoms with Crippen LogP contribution in [0.25, 0.3) is 0 Å². The molecule has 0 aliphatic carbocycles. The molecule has 0 aliphatic rings. The van der Waals surface area contributed by atoms with Crippen molar-refractivity contribution in [2.75, 3.05) is 5.32 Å². The molecule has 8 nitrogen and oxygen atoms in total. The molecule has 0 spiro atoms. The molecule has 0 bridgehead atoms.